The Morgan fingerprint density at radius 2 is 1.17 bits per heavy atom. The van der Waals surface area contributed by atoms with E-state index in [-0.39, 0.29) is 70.6 Å². The van der Waals surface area contributed by atoms with Gasteiger partial charge in [-0.1, -0.05) is 16.4 Å². The first kappa shape index (κ1) is 39.5. The summed E-state index contributed by atoms with van der Waals surface area (Å²) in [7, 11) is 0. The lowest BCUT2D eigenvalue weighted by Gasteiger charge is -2.18. The minimum absolute atomic E-state index is 0.0208. The number of aromatic hydroxyl groups is 2. The Bertz CT molecular complexity index is 2090. The number of aliphatic hydroxyl groups is 1. The summed E-state index contributed by atoms with van der Waals surface area (Å²) in [5.41, 5.74) is 1.70. The van der Waals surface area contributed by atoms with Crippen LogP contribution in [0.5, 0.6) is 34.5 Å². The molecule has 13 nitrogen and oxygen atoms in total. The Kier molecular flexibility index (Phi) is 13.2. The Hall–Kier alpha value is -3.68. The molecule has 2 amide bonds. The standard InChI is InChI=1S/C34H27Br5N4O9/c35-19-5-15-1-2-27(19)51-28-11-17(7-21(37)30(28)45)9-25(43-50)34(48)41-14-26(44)18-12-22(38)32(23(39)13-18)52-29-10-16(6-20(36)31(29)46)3-4-40-33(47)24(8-15)42-49/h1-2,5-7,10-13,26,44-46,49-50H,3-4,8-9,14H2,(H,40,47)(H,41,48)/b42-24+,43-25+/t26-/m1/s1. The van der Waals surface area contributed by atoms with Crippen LogP contribution in [0.1, 0.15) is 28.4 Å². The van der Waals surface area contributed by atoms with E-state index in [4.69, 9.17) is 9.47 Å². The van der Waals surface area contributed by atoms with Gasteiger partial charge in [0.05, 0.1) is 28.5 Å². The molecule has 0 unspecified atom stereocenters. The van der Waals surface area contributed by atoms with Gasteiger partial charge in [-0.15, -0.1) is 0 Å². The summed E-state index contributed by atoms with van der Waals surface area (Å²) in [5.74, 6) is -1.06. The molecule has 0 saturated heterocycles. The summed E-state index contributed by atoms with van der Waals surface area (Å²) < 4.78 is 13.9. The van der Waals surface area contributed by atoms with Crippen LogP contribution in [0.3, 0.4) is 0 Å². The summed E-state index contributed by atoms with van der Waals surface area (Å²) in [5, 5.41) is 63.5. The number of rotatable bonds is 0. The Morgan fingerprint density at radius 1 is 0.635 bits per heavy atom. The molecule has 0 aromatic heterocycles. The van der Waals surface area contributed by atoms with E-state index in [1.807, 2.05) is 0 Å². The summed E-state index contributed by atoms with van der Waals surface area (Å²) >= 11 is 17.0. The predicted octanol–water partition coefficient (Wildman–Crippen LogP) is 7.76. The van der Waals surface area contributed by atoms with E-state index in [9.17, 15) is 35.3 Å². The molecule has 8 bridgehead atoms. The summed E-state index contributed by atoms with van der Waals surface area (Å²) in [6, 6.07) is 14.3. The number of hydrogen-bond donors (Lipinski definition) is 7. The van der Waals surface area contributed by atoms with Gasteiger partial charge in [-0.2, -0.15) is 0 Å². The second-order valence-corrected chi connectivity index (χ2v) is 15.6. The predicted molar refractivity (Wildman–Crippen MR) is 208 cm³/mol. The highest BCUT2D eigenvalue weighted by molar-refractivity contribution is 9.11. The van der Waals surface area contributed by atoms with E-state index in [0.29, 0.717) is 52.3 Å². The van der Waals surface area contributed by atoms with Crippen molar-refractivity contribution in [1.29, 1.82) is 0 Å². The number of oxime groups is 2. The number of aliphatic hydroxyl groups excluding tert-OH is 1. The number of nitrogens with one attached hydrogen (secondary N) is 2. The first-order chi connectivity index (χ1) is 24.8. The quantitative estimate of drug-likeness (QED) is 0.0679. The van der Waals surface area contributed by atoms with E-state index in [2.05, 4.69) is 101 Å². The fourth-order valence-electron chi connectivity index (χ4n) is 5.03. The average Bonchev–Trinajstić information content (AvgIpc) is 3.10. The molecule has 4 heterocycles. The van der Waals surface area contributed by atoms with Crippen molar-refractivity contribution in [1.82, 2.24) is 10.6 Å². The molecule has 7 N–H and O–H groups in total. The number of phenolic OH excluding ortho intramolecular Hbond substituents is 2. The van der Waals surface area contributed by atoms with Crippen LogP contribution in [0.2, 0.25) is 0 Å². The molecule has 272 valence electrons. The number of nitrogens with zero attached hydrogens (tertiary/aromatic N) is 2. The molecule has 4 aromatic rings. The second kappa shape index (κ2) is 17.4. The Balaban J connectivity index is 1.49. The third kappa shape index (κ3) is 9.45. The largest absolute Gasteiger partial charge is 0.503 e. The van der Waals surface area contributed by atoms with Crippen molar-refractivity contribution in [3.63, 3.8) is 0 Å². The molecule has 0 fully saturated rings. The maximum atomic E-state index is 13.0. The highest BCUT2D eigenvalue weighted by Gasteiger charge is 2.22. The van der Waals surface area contributed by atoms with Gasteiger partial charge in [0, 0.05) is 25.9 Å². The molecular weight excluding hydrogens is 1010 g/mol. The van der Waals surface area contributed by atoms with E-state index in [0.717, 1.165) is 0 Å². The van der Waals surface area contributed by atoms with Crippen LogP contribution in [0.25, 0.3) is 0 Å². The van der Waals surface area contributed by atoms with Crippen molar-refractivity contribution in [3.05, 3.63) is 99.2 Å². The molecule has 1 atom stereocenters. The molecule has 4 aromatic carbocycles. The molecule has 4 aliphatic rings. The van der Waals surface area contributed by atoms with Crippen molar-refractivity contribution in [2.75, 3.05) is 13.1 Å². The zero-order valence-electron chi connectivity index (χ0n) is 26.5. The third-order valence-electron chi connectivity index (χ3n) is 7.67. The fraction of sp³-hybridized carbons (Fsp3) is 0.176. The smallest absolute Gasteiger partial charge is 0.269 e. The average molecular weight is 1040 g/mol. The monoisotopic (exact) mass is 1030 g/mol. The van der Waals surface area contributed by atoms with Crippen LogP contribution in [-0.2, 0) is 28.9 Å². The maximum Gasteiger partial charge on any atom is 0.269 e. The molecule has 0 radical (unpaired) electrons. The highest BCUT2D eigenvalue weighted by atomic mass is 79.9. The van der Waals surface area contributed by atoms with Crippen molar-refractivity contribution in [2.45, 2.75) is 25.4 Å². The molecule has 18 heteroatoms. The SMILES string of the molecule is O=C1NCCc2cc(Br)c(O)c(c2)Oc2c(Br)cc(cc2Br)[C@H](O)CNC(=O)/C(=N/O)Cc2cc(Br)c(O)c(c2)Oc2ccc(cc2Br)C/C1=N\O. The number of carbonyl (C=O) groups is 2. The molecule has 0 saturated carbocycles. The van der Waals surface area contributed by atoms with E-state index in [1.165, 1.54) is 12.1 Å². The van der Waals surface area contributed by atoms with Crippen LogP contribution >= 0.6 is 79.6 Å². The number of ether oxygens (including phenoxy) is 2. The summed E-state index contributed by atoms with van der Waals surface area (Å²) in [6.45, 7) is -0.0855. The first-order valence-electron chi connectivity index (χ1n) is 15.1. The number of phenols is 2. The zero-order valence-corrected chi connectivity index (χ0v) is 34.4. The molecule has 4 aliphatic heterocycles. The Labute approximate surface area is 338 Å². The van der Waals surface area contributed by atoms with Crippen molar-refractivity contribution < 1.29 is 44.8 Å². The lowest BCUT2D eigenvalue weighted by molar-refractivity contribution is -0.116. The van der Waals surface area contributed by atoms with Crippen molar-refractivity contribution >= 4 is 103 Å². The first-order valence-corrected chi connectivity index (χ1v) is 19.1. The van der Waals surface area contributed by atoms with Gasteiger partial charge in [0.1, 0.15) is 17.2 Å². The molecular formula is C34H27Br5N4O9. The van der Waals surface area contributed by atoms with Gasteiger partial charge in [0.25, 0.3) is 11.8 Å². The normalized spacial score (nSPS) is 17.5. The van der Waals surface area contributed by atoms with Gasteiger partial charge in [-0.3, -0.25) is 9.59 Å². The van der Waals surface area contributed by atoms with E-state index < -0.39 is 17.9 Å². The molecule has 0 aliphatic carbocycles. The summed E-state index contributed by atoms with van der Waals surface area (Å²) in [6.07, 6.45) is -1.07. The lowest BCUT2D eigenvalue weighted by Crippen LogP contribution is -2.35. The Morgan fingerprint density at radius 3 is 1.79 bits per heavy atom. The number of halogens is 5. The highest BCUT2D eigenvalue weighted by Crippen LogP contribution is 2.44. The summed E-state index contributed by atoms with van der Waals surface area (Å²) in [4.78, 5) is 26.0. The van der Waals surface area contributed by atoms with Gasteiger partial charge in [0.15, 0.2) is 28.7 Å². The van der Waals surface area contributed by atoms with E-state index in [1.54, 1.807) is 42.5 Å². The van der Waals surface area contributed by atoms with Crippen molar-refractivity contribution in [2.24, 2.45) is 10.3 Å². The van der Waals surface area contributed by atoms with Gasteiger partial charge in [-0.05, 0) is 157 Å². The van der Waals surface area contributed by atoms with Crippen LogP contribution in [-0.4, -0.2) is 62.1 Å². The van der Waals surface area contributed by atoms with Crippen molar-refractivity contribution in [3.8, 4) is 34.5 Å². The van der Waals surface area contributed by atoms with Crippen LogP contribution < -0.4 is 20.1 Å². The van der Waals surface area contributed by atoms with Gasteiger partial charge in [0.2, 0.25) is 0 Å². The molecule has 0 spiro atoms. The van der Waals surface area contributed by atoms with Crippen LogP contribution in [0.15, 0.2) is 87.3 Å². The third-order valence-corrected chi connectivity index (χ3v) is 10.7. The maximum absolute atomic E-state index is 13.0. The van der Waals surface area contributed by atoms with E-state index >= 15 is 0 Å². The lowest BCUT2D eigenvalue weighted by atomic mass is 10.1. The number of carbonyl (C=O) groups excluding carboxylic acids is 2. The minimum Gasteiger partial charge on any atom is -0.503 e. The topological polar surface area (TPSA) is 203 Å². The van der Waals surface area contributed by atoms with Crippen LogP contribution in [0.4, 0.5) is 0 Å². The number of benzene rings is 4. The zero-order chi connectivity index (χ0) is 37.7. The van der Waals surface area contributed by atoms with Gasteiger partial charge in [-0.25, -0.2) is 0 Å². The van der Waals surface area contributed by atoms with Crippen LogP contribution in [0, 0.1) is 0 Å². The minimum atomic E-state index is -1.19. The number of hydrogen-bond acceptors (Lipinski definition) is 11. The van der Waals surface area contributed by atoms with Gasteiger partial charge < -0.3 is 45.8 Å². The van der Waals surface area contributed by atoms with Gasteiger partial charge >= 0.3 is 0 Å². The second-order valence-electron chi connectivity index (χ2n) is 11.3. The molecule has 52 heavy (non-hydrogen) atoms. The number of amides is 2. The fourth-order valence-corrected chi connectivity index (χ4v) is 7.90. The molecule has 8 rings (SSSR count).